The molecule has 1 fully saturated rings. The van der Waals surface area contributed by atoms with E-state index < -0.39 is 11.7 Å². The molecule has 142 valence electrons. The lowest BCUT2D eigenvalue weighted by atomic mass is 10.1. The van der Waals surface area contributed by atoms with Gasteiger partial charge in [-0.25, -0.2) is 0 Å². The first-order chi connectivity index (χ1) is 12.3. The number of rotatable bonds is 5. The summed E-state index contributed by atoms with van der Waals surface area (Å²) in [5, 5.41) is 0.501. The highest BCUT2D eigenvalue weighted by molar-refractivity contribution is 5.96. The van der Waals surface area contributed by atoms with Gasteiger partial charge in [-0.1, -0.05) is 19.9 Å². The lowest BCUT2D eigenvalue weighted by Gasteiger charge is -2.29. The van der Waals surface area contributed by atoms with E-state index >= 15 is 0 Å². The Morgan fingerprint density at radius 1 is 1.27 bits per heavy atom. The van der Waals surface area contributed by atoms with Crippen LogP contribution in [0.25, 0.3) is 11.0 Å². The number of furan rings is 1. The topological polar surface area (TPSA) is 36.7 Å². The molecule has 0 radical (unpaired) electrons. The standard InChI is InChI=1S/C19H23F3N2O2/c1-3-23(4-2)12-15-6-5-9-24(15)18(25)17-10-13-7-8-14(19(20,21)22)11-16(13)26-17/h7-8,10-11,15H,3-6,9,12H2,1-2H3/t15-/m0/s1. The third kappa shape index (κ3) is 3.72. The van der Waals surface area contributed by atoms with Crippen molar-refractivity contribution >= 4 is 16.9 Å². The van der Waals surface area contributed by atoms with Crippen LogP contribution in [0.4, 0.5) is 13.2 Å². The van der Waals surface area contributed by atoms with E-state index in [2.05, 4.69) is 18.7 Å². The summed E-state index contributed by atoms with van der Waals surface area (Å²) in [7, 11) is 0. The predicted octanol–water partition coefficient (Wildman–Crippen LogP) is 4.40. The number of nitrogens with zero attached hydrogens (tertiary/aromatic N) is 2. The van der Waals surface area contributed by atoms with Gasteiger partial charge in [0.25, 0.3) is 5.91 Å². The lowest BCUT2D eigenvalue weighted by molar-refractivity contribution is -0.137. The fourth-order valence-electron chi connectivity index (χ4n) is 3.53. The van der Waals surface area contributed by atoms with Gasteiger partial charge < -0.3 is 14.2 Å². The fraction of sp³-hybridized carbons (Fsp3) is 0.526. The molecule has 7 heteroatoms. The van der Waals surface area contributed by atoms with E-state index in [0.717, 1.165) is 44.6 Å². The fourth-order valence-corrected chi connectivity index (χ4v) is 3.53. The van der Waals surface area contributed by atoms with Crippen LogP contribution in [-0.4, -0.2) is 47.9 Å². The Morgan fingerprint density at radius 2 is 2.00 bits per heavy atom. The highest BCUT2D eigenvalue weighted by atomic mass is 19.4. The molecule has 0 spiro atoms. The highest BCUT2D eigenvalue weighted by Crippen LogP contribution is 2.33. The van der Waals surface area contributed by atoms with Crippen molar-refractivity contribution in [1.82, 2.24) is 9.80 Å². The van der Waals surface area contributed by atoms with Crippen molar-refractivity contribution in [3.63, 3.8) is 0 Å². The maximum atomic E-state index is 12.9. The van der Waals surface area contributed by atoms with E-state index in [0.29, 0.717) is 11.9 Å². The van der Waals surface area contributed by atoms with E-state index in [1.165, 1.54) is 12.1 Å². The number of hydrogen-bond acceptors (Lipinski definition) is 3. The Labute approximate surface area is 150 Å². The largest absolute Gasteiger partial charge is 0.451 e. The van der Waals surface area contributed by atoms with Crippen LogP contribution in [0, 0.1) is 0 Å². The molecule has 1 atom stereocenters. The third-order valence-electron chi connectivity index (χ3n) is 5.06. The quantitative estimate of drug-likeness (QED) is 0.785. The first-order valence-electron chi connectivity index (χ1n) is 8.97. The van der Waals surface area contributed by atoms with E-state index in [1.807, 2.05) is 0 Å². The normalized spacial score (nSPS) is 18.2. The Kier molecular flexibility index (Phi) is 5.27. The number of benzene rings is 1. The van der Waals surface area contributed by atoms with Crippen LogP contribution in [0.5, 0.6) is 0 Å². The molecule has 0 saturated carbocycles. The molecule has 1 amide bonds. The molecular formula is C19H23F3N2O2. The minimum Gasteiger partial charge on any atom is -0.451 e. The number of hydrogen-bond donors (Lipinski definition) is 0. The second-order valence-corrected chi connectivity index (χ2v) is 6.64. The summed E-state index contributed by atoms with van der Waals surface area (Å²) in [6.07, 6.45) is -2.58. The molecule has 1 aliphatic heterocycles. The van der Waals surface area contributed by atoms with Gasteiger partial charge in [-0.15, -0.1) is 0 Å². The highest BCUT2D eigenvalue weighted by Gasteiger charge is 2.33. The smallest absolute Gasteiger partial charge is 0.416 e. The molecule has 1 aromatic carbocycles. The molecule has 0 bridgehead atoms. The number of amides is 1. The Hall–Kier alpha value is -2.02. The molecular weight excluding hydrogens is 345 g/mol. The van der Waals surface area contributed by atoms with Gasteiger partial charge in [-0.3, -0.25) is 4.79 Å². The lowest BCUT2D eigenvalue weighted by Crippen LogP contribution is -2.43. The van der Waals surface area contributed by atoms with E-state index in [4.69, 9.17) is 4.42 Å². The Morgan fingerprint density at radius 3 is 2.65 bits per heavy atom. The van der Waals surface area contributed by atoms with Gasteiger partial charge in [0.05, 0.1) is 5.56 Å². The average Bonchev–Trinajstić information content (AvgIpc) is 3.24. The van der Waals surface area contributed by atoms with Crippen LogP contribution in [0.3, 0.4) is 0 Å². The van der Waals surface area contributed by atoms with Gasteiger partial charge >= 0.3 is 6.18 Å². The minimum atomic E-state index is -4.44. The van der Waals surface area contributed by atoms with Crippen molar-refractivity contribution < 1.29 is 22.4 Å². The van der Waals surface area contributed by atoms with Crippen LogP contribution in [0.15, 0.2) is 28.7 Å². The number of likely N-dealkylation sites (N-methyl/N-ethyl adjacent to an activating group) is 1. The number of likely N-dealkylation sites (tertiary alicyclic amines) is 1. The van der Waals surface area contributed by atoms with Gasteiger partial charge in [0.1, 0.15) is 5.58 Å². The molecule has 1 saturated heterocycles. The maximum absolute atomic E-state index is 12.9. The number of carbonyl (C=O) groups excluding carboxylic acids is 1. The Bertz CT molecular complexity index is 781. The summed E-state index contributed by atoms with van der Waals surface area (Å²) < 4.78 is 44.0. The number of carbonyl (C=O) groups is 1. The number of halogens is 3. The maximum Gasteiger partial charge on any atom is 0.416 e. The number of alkyl halides is 3. The van der Waals surface area contributed by atoms with Gasteiger partial charge in [-0.05, 0) is 44.1 Å². The van der Waals surface area contributed by atoms with E-state index in [-0.39, 0.29) is 23.3 Å². The average molecular weight is 368 g/mol. The van der Waals surface area contributed by atoms with E-state index in [9.17, 15) is 18.0 Å². The number of fused-ring (bicyclic) bond motifs is 1. The van der Waals surface area contributed by atoms with Crippen LogP contribution >= 0.6 is 0 Å². The first kappa shape index (κ1) is 18.8. The van der Waals surface area contributed by atoms with Crippen LogP contribution in [-0.2, 0) is 6.18 Å². The van der Waals surface area contributed by atoms with E-state index in [1.54, 1.807) is 4.90 Å². The van der Waals surface area contributed by atoms with Crippen molar-refractivity contribution in [3.8, 4) is 0 Å². The summed E-state index contributed by atoms with van der Waals surface area (Å²) in [5.74, 6) is -0.143. The van der Waals surface area contributed by atoms with Gasteiger partial charge in [0, 0.05) is 24.5 Å². The first-order valence-corrected chi connectivity index (χ1v) is 8.97. The zero-order chi connectivity index (χ0) is 18.9. The molecule has 2 aromatic rings. The monoisotopic (exact) mass is 368 g/mol. The molecule has 2 heterocycles. The molecule has 0 aliphatic carbocycles. The van der Waals surface area contributed by atoms with Gasteiger partial charge in [-0.2, -0.15) is 13.2 Å². The second kappa shape index (κ2) is 7.31. The molecule has 26 heavy (non-hydrogen) atoms. The zero-order valence-corrected chi connectivity index (χ0v) is 15.0. The van der Waals surface area contributed by atoms with Crippen molar-refractivity contribution in [2.75, 3.05) is 26.2 Å². The summed E-state index contributed by atoms with van der Waals surface area (Å²) in [6, 6.07) is 4.94. The Balaban J connectivity index is 1.82. The molecule has 0 N–H and O–H groups in total. The molecule has 0 unspecified atom stereocenters. The SMILES string of the molecule is CCN(CC)C[C@@H]1CCCN1C(=O)c1cc2ccc(C(F)(F)F)cc2o1. The second-order valence-electron chi connectivity index (χ2n) is 6.64. The summed E-state index contributed by atoms with van der Waals surface area (Å²) in [5.41, 5.74) is -0.693. The summed E-state index contributed by atoms with van der Waals surface area (Å²) >= 11 is 0. The van der Waals surface area contributed by atoms with Gasteiger partial charge in [0.2, 0.25) is 0 Å². The minimum absolute atomic E-state index is 0.0858. The van der Waals surface area contributed by atoms with Crippen molar-refractivity contribution in [2.24, 2.45) is 0 Å². The summed E-state index contributed by atoms with van der Waals surface area (Å²) in [4.78, 5) is 16.9. The molecule has 1 aromatic heterocycles. The van der Waals surface area contributed by atoms with Crippen LogP contribution in [0.1, 0.15) is 42.8 Å². The van der Waals surface area contributed by atoms with Crippen molar-refractivity contribution in [1.29, 1.82) is 0 Å². The van der Waals surface area contributed by atoms with Crippen molar-refractivity contribution in [3.05, 3.63) is 35.6 Å². The van der Waals surface area contributed by atoms with Crippen LogP contribution < -0.4 is 0 Å². The van der Waals surface area contributed by atoms with Crippen molar-refractivity contribution in [2.45, 2.75) is 38.9 Å². The molecule has 3 rings (SSSR count). The zero-order valence-electron chi connectivity index (χ0n) is 15.0. The summed E-state index contributed by atoms with van der Waals surface area (Å²) in [6.45, 7) is 7.46. The predicted molar refractivity (Wildman–Crippen MR) is 93.1 cm³/mol. The van der Waals surface area contributed by atoms with Gasteiger partial charge in [0.15, 0.2) is 5.76 Å². The third-order valence-corrected chi connectivity index (χ3v) is 5.06. The van der Waals surface area contributed by atoms with Crippen LogP contribution in [0.2, 0.25) is 0 Å². The molecule has 1 aliphatic rings. The molecule has 4 nitrogen and oxygen atoms in total.